The predicted molar refractivity (Wildman–Crippen MR) is 90.3 cm³/mol. The molecule has 3 aromatic carbocycles. The van der Waals surface area contributed by atoms with Gasteiger partial charge in [-0.05, 0) is 35.0 Å². The number of anilines is 1. The molecule has 3 aromatic rings. The van der Waals surface area contributed by atoms with Gasteiger partial charge in [-0.25, -0.2) is 0 Å². The summed E-state index contributed by atoms with van der Waals surface area (Å²) in [4.78, 5) is 23.7. The average molecular weight is 305 g/mol. The van der Waals surface area contributed by atoms with Crippen LogP contribution in [0.3, 0.4) is 0 Å². The molecule has 0 aliphatic heterocycles. The summed E-state index contributed by atoms with van der Waals surface area (Å²) < 4.78 is 5.22. The third kappa shape index (κ3) is 2.92. The SMILES string of the molecule is COc1cccc(C=O)c1NC(=O)c1ccc2ccccc2c1. The van der Waals surface area contributed by atoms with Crippen molar-refractivity contribution in [2.45, 2.75) is 0 Å². The summed E-state index contributed by atoms with van der Waals surface area (Å²) in [5, 5.41) is 4.81. The Balaban J connectivity index is 1.96. The molecule has 0 radical (unpaired) electrons. The van der Waals surface area contributed by atoms with Crippen molar-refractivity contribution < 1.29 is 14.3 Å². The summed E-state index contributed by atoms with van der Waals surface area (Å²) in [5.41, 5.74) is 1.27. The monoisotopic (exact) mass is 305 g/mol. The fourth-order valence-electron chi connectivity index (χ4n) is 2.47. The molecular formula is C19H15NO3. The van der Waals surface area contributed by atoms with Gasteiger partial charge in [-0.3, -0.25) is 9.59 Å². The number of para-hydroxylation sites is 1. The molecule has 0 bridgehead atoms. The Bertz CT molecular complexity index is 887. The second-order valence-corrected chi connectivity index (χ2v) is 5.06. The zero-order chi connectivity index (χ0) is 16.2. The molecule has 0 aliphatic carbocycles. The predicted octanol–water partition coefficient (Wildman–Crippen LogP) is 3.91. The number of carbonyl (C=O) groups excluding carboxylic acids is 2. The molecule has 23 heavy (non-hydrogen) atoms. The van der Waals surface area contributed by atoms with E-state index in [0.29, 0.717) is 28.8 Å². The third-order valence-corrected chi connectivity index (χ3v) is 3.66. The number of benzene rings is 3. The average Bonchev–Trinajstić information content (AvgIpc) is 2.61. The van der Waals surface area contributed by atoms with Crippen LogP contribution in [0.1, 0.15) is 20.7 Å². The Morgan fingerprint density at radius 2 is 1.78 bits per heavy atom. The Morgan fingerprint density at radius 3 is 2.52 bits per heavy atom. The normalized spacial score (nSPS) is 10.3. The molecular weight excluding hydrogens is 290 g/mol. The fraction of sp³-hybridized carbons (Fsp3) is 0.0526. The minimum absolute atomic E-state index is 0.289. The molecule has 0 aliphatic rings. The molecule has 0 atom stereocenters. The summed E-state index contributed by atoms with van der Waals surface area (Å²) in [6.45, 7) is 0. The number of hydrogen-bond acceptors (Lipinski definition) is 3. The number of hydrogen-bond donors (Lipinski definition) is 1. The van der Waals surface area contributed by atoms with Crippen molar-refractivity contribution in [2.24, 2.45) is 0 Å². The highest BCUT2D eigenvalue weighted by Crippen LogP contribution is 2.28. The van der Waals surface area contributed by atoms with E-state index in [1.54, 1.807) is 24.3 Å². The topological polar surface area (TPSA) is 55.4 Å². The zero-order valence-electron chi connectivity index (χ0n) is 12.6. The van der Waals surface area contributed by atoms with E-state index in [4.69, 9.17) is 4.74 Å². The molecule has 3 rings (SSSR count). The molecule has 0 aromatic heterocycles. The molecule has 0 heterocycles. The van der Waals surface area contributed by atoms with E-state index in [1.165, 1.54) is 7.11 Å². The van der Waals surface area contributed by atoms with E-state index in [9.17, 15) is 9.59 Å². The number of rotatable bonds is 4. The molecule has 0 saturated heterocycles. The lowest BCUT2D eigenvalue weighted by molar-refractivity contribution is 0.102. The van der Waals surface area contributed by atoms with Gasteiger partial charge in [0.1, 0.15) is 5.75 Å². The molecule has 114 valence electrons. The Labute approximate surface area is 133 Å². The smallest absolute Gasteiger partial charge is 0.255 e. The third-order valence-electron chi connectivity index (χ3n) is 3.66. The van der Waals surface area contributed by atoms with Crippen LogP contribution in [0.4, 0.5) is 5.69 Å². The Kier molecular flexibility index (Phi) is 4.06. The minimum atomic E-state index is -0.289. The van der Waals surface area contributed by atoms with Gasteiger partial charge in [0.15, 0.2) is 6.29 Å². The van der Waals surface area contributed by atoms with Crippen molar-refractivity contribution in [3.8, 4) is 5.75 Å². The second-order valence-electron chi connectivity index (χ2n) is 5.06. The standard InChI is InChI=1S/C19H15NO3/c1-23-17-8-4-7-16(12-21)18(17)20-19(22)15-10-9-13-5-2-3-6-14(13)11-15/h2-12H,1H3,(H,20,22). The molecule has 0 saturated carbocycles. The zero-order valence-corrected chi connectivity index (χ0v) is 12.6. The second kappa shape index (κ2) is 6.32. The maximum Gasteiger partial charge on any atom is 0.255 e. The van der Waals surface area contributed by atoms with Crippen molar-refractivity contribution in [1.29, 1.82) is 0 Å². The maximum absolute atomic E-state index is 12.5. The van der Waals surface area contributed by atoms with Crippen molar-refractivity contribution in [3.63, 3.8) is 0 Å². The van der Waals surface area contributed by atoms with Crippen LogP contribution in [0.5, 0.6) is 5.75 Å². The van der Waals surface area contributed by atoms with Gasteiger partial charge in [0.25, 0.3) is 5.91 Å². The molecule has 1 N–H and O–H groups in total. The van der Waals surface area contributed by atoms with E-state index in [-0.39, 0.29) is 5.91 Å². The molecule has 0 spiro atoms. The lowest BCUT2D eigenvalue weighted by atomic mass is 10.1. The molecule has 4 heteroatoms. The van der Waals surface area contributed by atoms with Crippen LogP contribution in [0.25, 0.3) is 10.8 Å². The van der Waals surface area contributed by atoms with Crippen LogP contribution in [0.2, 0.25) is 0 Å². The highest BCUT2D eigenvalue weighted by Gasteiger charge is 2.13. The summed E-state index contributed by atoms with van der Waals surface area (Å²) in [5.74, 6) is 0.159. The van der Waals surface area contributed by atoms with Crippen molar-refractivity contribution >= 4 is 28.7 Å². The van der Waals surface area contributed by atoms with E-state index in [0.717, 1.165) is 10.8 Å². The molecule has 0 fully saturated rings. The summed E-state index contributed by atoms with van der Waals surface area (Å²) >= 11 is 0. The lowest BCUT2D eigenvalue weighted by Gasteiger charge is -2.12. The number of nitrogens with one attached hydrogen (secondary N) is 1. The van der Waals surface area contributed by atoms with Crippen molar-refractivity contribution in [1.82, 2.24) is 0 Å². The summed E-state index contributed by atoms with van der Waals surface area (Å²) in [6, 6.07) is 18.3. The van der Waals surface area contributed by atoms with E-state index >= 15 is 0 Å². The van der Waals surface area contributed by atoms with E-state index < -0.39 is 0 Å². The lowest BCUT2D eigenvalue weighted by Crippen LogP contribution is -2.14. The van der Waals surface area contributed by atoms with Crippen molar-refractivity contribution in [2.75, 3.05) is 12.4 Å². The number of methoxy groups -OCH3 is 1. The number of aldehydes is 1. The van der Waals surface area contributed by atoms with Crippen LogP contribution in [-0.4, -0.2) is 19.3 Å². The van der Waals surface area contributed by atoms with Crippen LogP contribution in [0, 0.1) is 0 Å². The quantitative estimate of drug-likeness (QED) is 0.743. The first kappa shape index (κ1) is 14.8. The summed E-state index contributed by atoms with van der Waals surface area (Å²) in [7, 11) is 1.50. The van der Waals surface area contributed by atoms with Gasteiger partial charge < -0.3 is 10.1 Å². The Hall–Kier alpha value is -3.14. The van der Waals surface area contributed by atoms with Crippen molar-refractivity contribution in [3.05, 3.63) is 71.8 Å². The highest BCUT2D eigenvalue weighted by molar-refractivity contribution is 6.09. The van der Waals surface area contributed by atoms with Crippen LogP contribution < -0.4 is 10.1 Å². The first-order valence-corrected chi connectivity index (χ1v) is 7.15. The first-order chi connectivity index (χ1) is 11.2. The van der Waals surface area contributed by atoms with Gasteiger partial charge in [-0.1, -0.05) is 36.4 Å². The van der Waals surface area contributed by atoms with Gasteiger partial charge in [-0.2, -0.15) is 0 Å². The molecule has 1 amide bonds. The number of ether oxygens (including phenoxy) is 1. The van der Waals surface area contributed by atoms with Gasteiger partial charge in [-0.15, -0.1) is 0 Å². The number of carbonyl (C=O) groups is 2. The summed E-state index contributed by atoms with van der Waals surface area (Å²) in [6.07, 6.45) is 0.693. The first-order valence-electron chi connectivity index (χ1n) is 7.15. The van der Waals surface area contributed by atoms with Gasteiger partial charge in [0, 0.05) is 11.1 Å². The molecule has 4 nitrogen and oxygen atoms in total. The van der Waals surface area contributed by atoms with Gasteiger partial charge in [0.2, 0.25) is 0 Å². The fourth-order valence-corrected chi connectivity index (χ4v) is 2.47. The Morgan fingerprint density at radius 1 is 1.00 bits per heavy atom. The van der Waals surface area contributed by atoms with Crippen LogP contribution in [0.15, 0.2) is 60.7 Å². The van der Waals surface area contributed by atoms with Crippen LogP contribution in [-0.2, 0) is 0 Å². The molecule has 0 unspecified atom stereocenters. The minimum Gasteiger partial charge on any atom is -0.495 e. The van der Waals surface area contributed by atoms with Crippen LogP contribution >= 0.6 is 0 Å². The highest BCUT2D eigenvalue weighted by atomic mass is 16.5. The van der Waals surface area contributed by atoms with Gasteiger partial charge >= 0.3 is 0 Å². The van der Waals surface area contributed by atoms with E-state index in [1.807, 2.05) is 36.4 Å². The van der Waals surface area contributed by atoms with E-state index in [2.05, 4.69) is 5.32 Å². The maximum atomic E-state index is 12.5. The van der Waals surface area contributed by atoms with Gasteiger partial charge in [0.05, 0.1) is 12.8 Å². The number of amides is 1. The number of fused-ring (bicyclic) bond motifs is 1. The largest absolute Gasteiger partial charge is 0.495 e.